The second-order valence-corrected chi connectivity index (χ2v) is 5.53. The highest BCUT2D eigenvalue weighted by Gasteiger charge is 2.31. The Balaban J connectivity index is 1.82. The van der Waals surface area contributed by atoms with E-state index >= 15 is 0 Å². The van der Waals surface area contributed by atoms with Gasteiger partial charge >= 0.3 is 6.18 Å². The van der Waals surface area contributed by atoms with Crippen molar-refractivity contribution in [3.8, 4) is 11.4 Å². The maximum absolute atomic E-state index is 12.8. The molecule has 0 unspecified atom stereocenters. The van der Waals surface area contributed by atoms with Crippen LogP contribution in [0.15, 0.2) is 28.8 Å². The molecular weight excluding hydrogens is 325 g/mol. The van der Waals surface area contributed by atoms with Gasteiger partial charge < -0.3 is 9.84 Å². The summed E-state index contributed by atoms with van der Waals surface area (Å²) in [5, 5.41) is 6.48. The summed E-state index contributed by atoms with van der Waals surface area (Å²) in [6, 6.07) is 4.45. The first-order valence-corrected chi connectivity index (χ1v) is 7.36. The zero-order chi connectivity index (χ0) is 17.3. The Morgan fingerprint density at radius 2 is 2.17 bits per heavy atom. The molecule has 1 aromatic heterocycles. The molecule has 1 aliphatic heterocycles. The Hall–Kier alpha value is -2.42. The van der Waals surface area contributed by atoms with Crippen LogP contribution in [0.3, 0.4) is 0 Å². The SMILES string of the molecule is C[C@H](c1nc(-c2cccc(C(F)(F)F)c2)no1)N1CCNC(=O)C1. The summed E-state index contributed by atoms with van der Waals surface area (Å²) in [5.74, 6) is 0.257. The highest BCUT2D eigenvalue weighted by atomic mass is 19.4. The van der Waals surface area contributed by atoms with Gasteiger partial charge in [0, 0.05) is 18.7 Å². The van der Waals surface area contributed by atoms with Crippen LogP contribution in [-0.4, -0.2) is 40.6 Å². The Labute approximate surface area is 135 Å². The van der Waals surface area contributed by atoms with E-state index in [9.17, 15) is 18.0 Å². The maximum atomic E-state index is 12.8. The second kappa shape index (κ2) is 6.23. The van der Waals surface area contributed by atoms with Crippen LogP contribution < -0.4 is 5.32 Å². The highest BCUT2D eigenvalue weighted by molar-refractivity contribution is 5.78. The number of benzene rings is 1. The summed E-state index contributed by atoms with van der Waals surface area (Å²) in [7, 11) is 0. The van der Waals surface area contributed by atoms with E-state index in [0.717, 1.165) is 12.1 Å². The van der Waals surface area contributed by atoms with Crippen LogP contribution in [0.5, 0.6) is 0 Å². The van der Waals surface area contributed by atoms with E-state index in [2.05, 4.69) is 15.5 Å². The first-order chi connectivity index (χ1) is 11.3. The number of nitrogens with one attached hydrogen (secondary N) is 1. The molecule has 6 nitrogen and oxygen atoms in total. The van der Waals surface area contributed by atoms with E-state index in [1.807, 2.05) is 11.8 Å². The fourth-order valence-corrected chi connectivity index (χ4v) is 2.50. The monoisotopic (exact) mass is 340 g/mol. The molecule has 0 radical (unpaired) electrons. The van der Waals surface area contributed by atoms with Crippen LogP contribution in [0, 0.1) is 0 Å². The van der Waals surface area contributed by atoms with Crippen molar-refractivity contribution < 1.29 is 22.5 Å². The molecule has 1 saturated heterocycles. The molecule has 128 valence electrons. The Morgan fingerprint density at radius 3 is 2.88 bits per heavy atom. The van der Waals surface area contributed by atoms with Gasteiger partial charge in [-0.2, -0.15) is 18.2 Å². The molecule has 0 saturated carbocycles. The lowest BCUT2D eigenvalue weighted by molar-refractivity contribution is -0.137. The normalized spacial score (nSPS) is 17.6. The molecule has 0 spiro atoms. The third kappa shape index (κ3) is 3.40. The van der Waals surface area contributed by atoms with Crippen LogP contribution in [0.4, 0.5) is 13.2 Å². The van der Waals surface area contributed by atoms with Crippen LogP contribution in [0.25, 0.3) is 11.4 Å². The fraction of sp³-hybridized carbons (Fsp3) is 0.400. The van der Waals surface area contributed by atoms with E-state index in [-0.39, 0.29) is 35.8 Å². The first-order valence-electron chi connectivity index (χ1n) is 7.36. The van der Waals surface area contributed by atoms with Crippen molar-refractivity contribution in [1.29, 1.82) is 0 Å². The smallest absolute Gasteiger partial charge is 0.354 e. The summed E-state index contributed by atoms with van der Waals surface area (Å²) in [4.78, 5) is 17.5. The molecule has 1 aromatic carbocycles. The summed E-state index contributed by atoms with van der Waals surface area (Å²) < 4.78 is 43.5. The van der Waals surface area contributed by atoms with Gasteiger partial charge in [-0.3, -0.25) is 9.69 Å². The van der Waals surface area contributed by atoms with E-state index in [1.54, 1.807) is 0 Å². The molecule has 2 heterocycles. The Kier molecular flexibility index (Phi) is 4.27. The number of alkyl halides is 3. The van der Waals surface area contributed by atoms with Crippen molar-refractivity contribution in [3.63, 3.8) is 0 Å². The Morgan fingerprint density at radius 1 is 1.38 bits per heavy atom. The molecule has 1 aliphatic rings. The molecule has 9 heteroatoms. The van der Waals surface area contributed by atoms with E-state index in [4.69, 9.17) is 4.52 Å². The largest absolute Gasteiger partial charge is 0.416 e. The lowest BCUT2D eigenvalue weighted by atomic mass is 10.1. The lowest BCUT2D eigenvalue weighted by Crippen LogP contribution is -2.48. The average Bonchev–Trinajstić information content (AvgIpc) is 3.03. The molecule has 3 rings (SSSR count). The van der Waals surface area contributed by atoms with Crippen LogP contribution in [0.1, 0.15) is 24.4 Å². The minimum Gasteiger partial charge on any atom is -0.354 e. The molecular formula is C15H15F3N4O2. The highest BCUT2D eigenvalue weighted by Crippen LogP contribution is 2.32. The number of piperazine rings is 1. The van der Waals surface area contributed by atoms with Gasteiger partial charge in [0.25, 0.3) is 0 Å². The quantitative estimate of drug-likeness (QED) is 0.928. The summed E-state index contributed by atoms with van der Waals surface area (Å²) >= 11 is 0. The fourth-order valence-electron chi connectivity index (χ4n) is 2.50. The molecule has 0 bridgehead atoms. The van der Waals surface area contributed by atoms with Gasteiger partial charge in [-0.25, -0.2) is 0 Å². The predicted molar refractivity (Wildman–Crippen MR) is 77.7 cm³/mol. The van der Waals surface area contributed by atoms with Crippen LogP contribution >= 0.6 is 0 Å². The lowest BCUT2D eigenvalue weighted by Gasteiger charge is -2.29. The van der Waals surface area contributed by atoms with Gasteiger partial charge in [0.2, 0.25) is 17.6 Å². The number of hydrogen-bond acceptors (Lipinski definition) is 5. The standard InChI is InChI=1S/C15H15F3N4O2/c1-9(22-6-5-19-12(23)8-22)14-20-13(21-24-14)10-3-2-4-11(7-10)15(16,17)18/h2-4,7,9H,5-6,8H2,1H3,(H,19,23)/t9-/m1/s1. The third-order valence-corrected chi connectivity index (χ3v) is 3.86. The van der Waals surface area contributed by atoms with E-state index < -0.39 is 11.7 Å². The van der Waals surface area contributed by atoms with E-state index in [1.165, 1.54) is 12.1 Å². The molecule has 0 aliphatic carbocycles. The summed E-state index contributed by atoms with van der Waals surface area (Å²) in [6.07, 6.45) is -4.43. The molecule has 1 amide bonds. The van der Waals surface area contributed by atoms with Gasteiger partial charge in [-0.1, -0.05) is 17.3 Å². The molecule has 24 heavy (non-hydrogen) atoms. The minimum absolute atomic E-state index is 0.0874. The third-order valence-electron chi connectivity index (χ3n) is 3.86. The number of carbonyl (C=O) groups excluding carboxylic acids is 1. The van der Waals surface area contributed by atoms with Gasteiger partial charge in [-0.05, 0) is 19.1 Å². The van der Waals surface area contributed by atoms with Crippen LogP contribution in [-0.2, 0) is 11.0 Å². The van der Waals surface area contributed by atoms with Gasteiger partial charge in [-0.15, -0.1) is 0 Å². The number of rotatable bonds is 3. The zero-order valence-corrected chi connectivity index (χ0v) is 12.8. The van der Waals surface area contributed by atoms with Gasteiger partial charge in [0.15, 0.2) is 0 Å². The van der Waals surface area contributed by atoms with Crippen molar-refractivity contribution in [3.05, 3.63) is 35.7 Å². The van der Waals surface area contributed by atoms with Crippen molar-refractivity contribution in [1.82, 2.24) is 20.4 Å². The molecule has 1 fully saturated rings. The first kappa shape index (κ1) is 16.4. The number of amides is 1. The molecule has 2 aromatic rings. The number of nitrogens with zero attached hydrogens (tertiary/aromatic N) is 3. The Bertz CT molecular complexity index is 744. The number of aromatic nitrogens is 2. The van der Waals surface area contributed by atoms with Crippen molar-refractivity contribution >= 4 is 5.91 Å². The number of carbonyl (C=O) groups is 1. The van der Waals surface area contributed by atoms with E-state index in [0.29, 0.717) is 13.1 Å². The number of hydrogen-bond donors (Lipinski definition) is 1. The molecule has 1 N–H and O–H groups in total. The molecule has 1 atom stereocenters. The summed E-state index contributed by atoms with van der Waals surface area (Å²) in [5.41, 5.74) is -0.546. The van der Waals surface area contributed by atoms with Gasteiger partial charge in [0.1, 0.15) is 0 Å². The topological polar surface area (TPSA) is 71.3 Å². The van der Waals surface area contributed by atoms with Crippen molar-refractivity contribution in [2.45, 2.75) is 19.1 Å². The van der Waals surface area contributed by atoms with Crippen molar-refractivity contribution in [2.24, 2.45) is 0 Å². The average molecular weight is 340 g/mol. The number of halogens is 3. The zero-order valence-electron chi connectivity index (χ0n) is 12.8. The second-order valence-electron chi connectivity index (χ2n) is 5.53. The van der Waals surface area contributed by atoms with Crippen LogP contribution in [0.2, 0.25) is 0 Å². The maximum Gasteiger partial charge on any atom is 0.416 e. The summed E-state index contributed by atoms with van der Waals surface area (Å²) in [6.45, 7) is 3.18. The predicted octanol–water partition coefficient (Wildman–Crippen LogP) is 2.25. The van der Waals surface area contributed by atoms with Gasteiger partial charge in [0.05, 0.1) is 18.2 Å². The minimum atomic E-state index is -4.43. The van der Waals surface area contributed by atoms with Crippen molar-refractivity contribution in [2.75, 3.05) is 19.6 Å².